The Hall–Kier alpha value is -2.07. The van der Waals surface area contributed by atoms with Crippen molar-refractivity contribution in [2.45, 2.75) is 26.4 Å². The molecule has 2 heterocycles. The number of rotatable bonds is 1. The molecule has 1 aromatic carbocycles. The Morgan fingerprint density at radius 3 is 2.90 bits per heavy atom. The minimum atomic E-state index is -0.0736. The molecule has 3 rings (SSSR count). The zero-order valence-electron chi connectivity index (χ0n) is 11.7. The summed E-state index contributed by atoms with van der Waals surface area (Å²) in [4.78, 5) is 14.6. The van der Waals surface area contributed by atoms with E-state index in [1.807, 2.05) is 36.1 Å². The van der Waals surface area contributed by atoms with Gasteiger partial charge in [0.25, 0.3) is 5.91 Å². The molecule has 1 amide bonds. The number of para-hydroxylation sites is 1. The van der Waals surface area contributed by atoms with E-state index in [-0.39, 0.29) is 11.9 Å². The molecule has 1 aromatic heterocycles. The number of carbonyl (C=O) groups is 1. The van der Waals surface area contributed by atoms with E-state index in [0.717, 1.165) is 23.4 Å². The van der Waals surface area contributed by atoms with Crippen molar-refractivity contribution in [1.82, 2.24) is 5.32 Å². The normalized spacial score (nSPS) is 18.5. The fraction of sp³-hybridized carbons (Fsp3) is 0.312. The van der Waals surface area contributed by atoms with Gasteiger partial charge in [-0.25, -0.2) is 0 Å². The molecule has 4 nitrogen and oxygen atoms in total. The molecule has 1 aliphatic heterocycles. The molecular weight excluding hydrogens is 252 g/mol. The van der Waals surface area contributed by atoms with Crippen molar-refractivity contribution in [2.75, 3.05) is 11.4 Å². The molecule has 0 radical (unpaired) electrons. The summed E-state index contributed by atoms with van der Waals surface area (Å²) in [6.45, 7) is 5.39. The van der Waals surface area contributed by atoms with Gasteiger partial charge in [0, 0.05) is 30.4 Å². The second kappa shape index (κ2) is 5.13. The number of fused-ring (bicyclic) bond motifs is 1. The van der Waals surface area contributed by atoms with Gasteiger partial charge in [0.15, 0.2) is 5.76 Å². The maximum absolute atomic E-state index is 12.7. The number of nitrogens with one attached hydrogen (secondary N) is 1. The molecule has 1 N–H and O–H groups in total. The Labute approximate surface area is 118 Å². The molecule has 0 bridgehead atoms. The first-order chi connectivity index (χ1) is 9.66. The van der Waals surface area contributed by atoms with Crippen molar-refractivity contribution < 1.29 is 9.21 Å². The number of nitrogens with zero attached hydrogens (tertiary/aromatic N) is 1. The molecule has 0 aliphatic carbocycles. The van der Waals surface area contributed by atoms with Gasteiger partial charge in [-0.2, -0.15) is 0 Å². The molecule has 4 heteroatoms. The van der Waals surface area contributed by atoms with Crippen LogP contribution in [0.1, 0.15) is 28.6 Å². The predicted molar refractivity (Wildman–Crippen MR) is 77.9 cm³/mol. The Balaban J connectivity index is 2.03. The standard InChI is InChI=1S/C16H18N2O2/c1-11-7-8-20-15(11)16(19)18-10-12(2)17-9-13-5-3-4-6-14(13)18/h3-8,12,17H,9-10H2,1-2H3. The summed E-state index contributed by atoms with van der Waals surface area (Å²) < 4.78 is 5.36. The quantitative estimate of drug-likeness (QED) is 0.866. The van der Waals surface area contributed by atoms with Crippen LogP contribution in [0.25, 0.3) is 0 Å². The Morgan fingerprint density at radius 1 is 1.35 bits per heavy atom. The molecule has 1 unspecified atom stereocenters. The summed E-state index contributed by atoms with van der Waals surface area (Å²) in [6.07, 6.45) is 1.56. The van der Waals surface area contributed by atoms with Gasteiger partial charge in [0.1, 0.15) is 0 Å². The van der Waals surface area contributed by atoms with Crippen LogP contribution in [0.5, 0.6) is 0 Å². The summed E-state index contributed by atoms with van der Waals surface area (Å²) in [7, 11) is 0. The van der Waals surface area contributed by atoms with Crippen LogP contribution in [-0.2, 0) is 6.54 Å². The van der Waals surface area contributed by atoms with Gasteiger partial charge in [-0.3, -0.25) is 4.79 Å². The fourth-order valence-electron chi connectivity index (χ4n) is 2.55. The third-order valence-electron chi connectivity index (χ3n) is 3.68. The molecule has 1 aliphatic rings. The molecule has 20 heavy (non-hydrogen) atoms. The van der Waals surface area contributed by atoms with E-state index >= 15 is 0 Å². The largest absolute Gasteiger partial charge is 0.459 e. The predicted octanol–water partition coefficient (Wildman–Crippen LogP) is 2.73. The summed E-state index contributed by atoms with van der Waals surface area (Å²) in [5, 5.41) is 3.42. The monoisotopic (exact) mass is 270 g/mol. The highest BCUT2D eigenvalue weighted by molar-refractivity contribution is 6.05. The first kappa shape index (κ1) is 12.9. The van der Waals surface area contributed by atoms with E-state index in [1.54, 1.807) is 6.26 Å². The van der Waals surface area contributed by atoms with E-state index in [4.69, 9.17) is 4.42 Å². The van der Waals surface area contributed by atoms with Crippen molar-refractivity contribution in [3.8, 4) is 0 Å². The zero-order chi connectivity index (χ0) is 14.1. The van der Waals surface area contributed by atoms with Crippen LogP contribution in [0, 0.1) is 6.92 Å². The lowest BCUT2D eigenvalue weighted by atomic mass is 10.1. The number of aryl methyl sites for hydroxylation is 1. The number of hydrogen-bond donors (Lipinski definition) is 1. The Kier molecular flexibility index (Phi) is 3.32. The minimum absolute atomic E-state index is 0.0736. The first-order valence-corrected chi connectivity index (χ1v) is 6.84. The van der Waals surface area contributed by atoms with Crippen molar-refractivity contribution in [3.63, 3.8) is 0 Å². The van der Waals surface area contributed by atoms with Crippen LogP contribution in [0.3, 0.4) is 0 Å². The lowest BCUT2D eigenvalue weighted by Crippen LogP contribution is -2.39. The Morgan fingerprint density at radius 2 is 2.15 bits per heavy atom. The number of hydrogen-bond acceptors (Lipinski definition) is 3. The molecule has 0 saturated heterocycles. The van der Waals surface area contributed by atoms with Crippen molar-refractivity contribution in [1.29, 1.82) is 0 Å². The molecule has 2 aromatic rings. The molecule has 0 fully saturated rings. The second-order valence-corrected chi connectivity index (χ2v) is 5.26. The van der Waals surface area contributed by atoms with Crippen molar-refractivity contribution >= 4 is 11.6 Å². The highest BCUT2D eigenvalue weighted by Gasteiger charge is 2.27. The summed E-state index contributed by atoms with van der Waals surface area (Å²) >= 11 is 0. The third kappa shape index (κ3) is 2.23. The highest BCUT2D eigenvalue weighted by Crippen LogP contribution is 2.26. The van der Waals surface area contributed by atoms with E-state index in [2.05, 4.69) is 18.3 Å². The van der Waals surface area contributed by atoms with Crippen molar-refractivity contribution in [3.05, 3.63) is 53.5 Å². The van der Waals surface area contributed by atoms with Gasteiger partial charge in [0.2, 0.25) is 0 Å². The minimum Gasteiger partial charge on any atom is -0.459 e. The average Bonchev–Trinajstić information content (AvgIpc) is 2.80. The van der Waals surface area contributed by atoms with Crippen LogP contribution in [0.15, 0.2) is 41.0 Å². The summed E-state index contributed by atoms with van der Waals surface area (Å²) in [5.41, 5.74) is 2.97. The van der Waals surface area contributed by atoms with Crippen LogP contribution in [-0.4, -0.2) is 18.5 Å². The van der Waals surface area contributed by atoms with E-state index in [0.29, 0.717) is 12.3 Å². The Bertz CT molecular complexity index is 633. The van der Waals surface area contributed by atoms with Crippen LogP contribution >= 0.6 is 0 Å². The van der Waals surface area contributed by atoms with Crippen LogP contribution in [0.2, 0.25) is 0 Å². The van der Waals surface area contributed by atoms with Gasteiger partial charge in [-0.1, -0.05) is 18.2 Å². The number of furan rings is 1. The van der Waals surface area contributed by atoms with Gasteiger partial charge < -0.3 is 14.6 Å². The van der Waals surface area contributed by atoms with E-state index in [1.165, 1.54) is 0 Å². The van der Waals surface area contributed by atoms with Crippen molar-refractivity contribution in [2.24, 2.45) is 0 Å². The topological polar surface area (TPSA) is 45.5 Å². The molecule has 104 valence electrons. The summed E-state index contributed by atoms with van der Waals surface area (Å²) in [6, 6.07) is 10.1. The number of benzene rings is 1. The SMILES string of the molecule is Cc1ccoc1C(=O)N1CC(C)NCc2ccccc21. The maximum atomic E-state index is 12.7. The lowest BCUT2D eigenvalue weighted by Gasteiger charge is -2.23. The fourth-order valence-corrected chi connectivity index (χ4v) is 2.55. The first-order valence-electron chi connectivity index (χ1n) is 6.84. The van der Waals surface area contributed by atoms with Gasteiger partial charge >= 0.3 is 0 Å². The number of amides is 1. The highest BCUT2D eigenvalue weighted by atomic mass is 16.3. The zero-order valence-corrected chi connectivity index (χ0v) is 11.7. The second-order valence-electron chi connectivity index (χ2n) is 5.26. The summed E-state index contributed by atoms with van der Waals surface area (Å²) in [5.74, 6) is 0.351. The van der Waals surface area contributed by atoms with Gasteiger partial charge in [-0.05, 0) is 31.5 Å². The van der Waals surface area contributed by atoms with E-state index < -0.39 is 0 Å². The van der Waals surface area contributed by atoms with Gasteiger partial charge in [-0.15, -0.1) is 0 Å². The van der Waals surface area contributed by atoms with Crippen LogP contribution in [0.4, 0.5) is 5.69 Å². The smallest absolute Gasteiger partial charge is 0.294 e. The third-order valence-corrected chi connectivity index (χ3v) is 3.68. The van der Waals surface area contributed by atoms with Crippen LogP contribution < -0.4 is 10.2 Å². The number of anilines is 1. The van der Waals surface area contributed by atoms with Gasteiger partial charge in [0.05, 0.1) is 6.26 Å². The molecule has 0 spiro atoms. The maximum Gasteiger partial charge on any atom is 0.294 e. The molecule has 0 saturated carbocycles. The van der Waals surface area contributed by atoms with E-state index in [9.17, 15) is 4.79 Å². The molecular formula is C16H18N2O2. The number of carbonyl (C=O) groups excluding carboxylic acids is 1. The lowest BCUT2D eigenvalue weighted by molar-refractivity contribution is 0.0958. The molecule has 1 atom stereocenters. The average molecular weight is 270 g/mol.